The van der Waals surface area contributed by atoms with E-state index in [4.69, 9.17) is 43.1 Å². The number of carboxylic acids is 1. The van der Waals surface area contributed by atoms with Crippen LogP contribution in [0.2, 0.25) is 10.0 Å². The fraction of sp³-hybridized carbons (Fsp3) is 0.138. The van der Waals surface area contributed by atoms with E-state index in [0.717, 1.165) is 60.7 Å². The lowest BCUT2D eigenvalue weighted by Gasteiger charge is -2.30. The van der Waals surface area contributed by atoms with Crippen molar-refractivity contribution in [3.8, 4) is 80.1 Å². The molecule has 13 rings (SSSR count). The fourth-order valence-corrected chi connectivity index (χ4v) is 10.5. The second-order valence-corrected chi connectivity index (χ2v) is 20.7. The predicted molar refractivity (Wildman–Crippen MR) is 296 cm³/mol. The van der Waals surface area contributed by atoms with Crippen LogP contribution in [-0.2, 0) is 40.0 Å². The van der Waals surface area contributed by atoms with Gasteiger partial charge in [-0.2, -0.15) is 0 Å². The number of nitrogens with zero attached hydrogens (tertiary/aromatic N) is 1. The Morgan fingerprint density at radius 3 is 1.76 bits per heavy atom. The molecule has 6 aliphatic rings. The molecule has 27 heteroatoms. The number of aromatic hydroxyl groups is 6. The monoisotopic (exact) mass is 1200 g/mol. The highest BCUT2D eigenvalue weighted by Crippen LogP contribution is 2.47. The fourth-order valence-electron chi connectivity index (χ4n) is 10.0. The van der Waals surface area contributed by atoms with Crippen LogP contribution in [-0.4, -0.2) is 100 Å². The number of benzene rings is 7. The minimum atomic E-state index is -2.27. The molecule has 6 heterocycles. The van der Waals surface area contributed by atoms with E-state index in [1.54, 1.807) is 0 Å². The van der Waals surface area contributed by atoms with E-state index in [1.165, 1.54) is 54.6 Å². The summed E-state index contributed by atoms with van der Waals surface area (Å²) in [4.78, 5) is 106. The number of aliphatic hydroxyl groups excluding tert-OH is 1. The van der Waals surface area contributed by atoms with Crippen LogP contribution in [0.15, 0.2) is 120 Å². The Labute approximate surface area is 487 Å². The summed E-state index contributed by atoms with van der Waals surface area (Å²) >= 11 is 13.6. The highest BCUT2D eigenvalue weighted by Gasteiger charge is 2.40. The summed E-state index contributed by atoms with van der Waals surface area (Å²) in [6, 6.07) is 9.95. The first-order chi connectivity index (χ1) is 40.5. The van der Waals surface area contributed by atoms with Gasteiger partial charge in [0.05, 0.1) is 10.0 Å². The molecular formula is C58H43Cl2N7O18. The van der Waals surface area contributed by atoms with Crippen LogP contribution in [0.1, 0.15) is 69.2 Å². The number of hydrogen-bond acceptors (Lipinski definition) is 18. The number of carbonyl (C=O) groups is 7. The van der Waals surface area contributed by atoms with Gasteiger partial charge in [-0.25, -0.2) is 9.79 Å². The number of nitrogens with one attached hydrogen (secondary N) is 5. The quantitative estimate of drug-likeness (QED) is 0.101. The van der Waals surface area contributed by atoms with Crippen molar-refractivity contribution >= 4 is 70.3 Å². The molecule has 7 atom stereocenters. The number of carboxylic acid groups (broad SMARTS) is 1. The lowest BCUT2D eigenvalue weighted by Crippen LogP contribution is -2.54. The molecule has 432 valence electrons. The average Bonchev–Trinajstić information content (AvgIpc) is 3.65. The number of aliphatic carboxylic acids is 1. The van der Waals surface area contributed by atoms with E-state index < -0.39 is 152 Å². The lowest BCUT2D eigenvalue weighted by molar-refractivity contribution is -0.136. The van der Waals surface area contributed by atoms with Crippen molar-refractivity contribution in [1.29, 1.82) is 0 Å². The second kappa shape index (κ2) is 21.9. The Morgan fingerprint density at radius 2 is 1.09 bits per heavy atom. The van der Waals surface area contributed by atoms with E-state index in [1.807, 2.05) is 0 Å². The highest BCUT2D eigenvalue weighted by molar-refractivity contribution is 6.45. The van der Waals surface area contributed by atoms with E-state index >= 15 is 14.4 Å². The third-order valence-electron chi connectivity index (χ3n) is 14.2. The smallest absolute Gasteiger partial charge is 0.355 e. The van der Waals surface area contributed by atoms with E-state index in [2.05, 4.69) is 31.6 Å². The first kappa shape index (κ1) is 56.3. The minimum absolute atomic E-state index is 0.117. The van der Waals surface area contributed by atoms with Gasteiger partial charge in [0, 0.05) is 35.2 Å². The summed E-state index contributed by atoms with van der Waals surface area (Å²) in [6.45, 7) is 0. The molecule has 0 unspecified atom stereocenters. The Hall–Kier alpha value is -10.6. The molecule has 0 fully saturated rings. The third kappa shape index (κ3) is 10.9. The van der Waals surface area contributed by atoms with E-state index in [0.29, 0.717) is 5.56 Å². The molecule has 0 saturated heterocycles. The molecule has 0 radical (unpaired) electrons. The van der Waals surface area contributed by atoms with Crippen LogP contribution in [0.4, 0.5) is 0 Å². The molecule has 15 N–H and O–H groups in total. The number of aliphatic hydroxyl groups is 1. The van der Waals surface area contributed by atoms with Gasteiger partial charge in [-0.15, -0.1) is 0 Å². The van der Waals surface area contributed by atoms with Crippen molar-refractivity contribution in [3.05, 3.63) is 164 Å². The Balaban J connectivity index is 1.15. The van der Waals surface area contributed by atoms with Gasteiger partial charge in [0.2, 0.25) is 35.3 Å². The van der Waals surface area contributed by atoms with Crippen LogP contribution in [0.3, 0.4) is 0 Å². The number of carbonyl (C=O) groups excluding carboxylic acids is 6. The Kier molecular flexibility index (Phi) is 14.5. The Bertz CT molecular complexity index is 4100. The molecule has 7 aromatic carbocycles. The summed E-state index contributed by atoms with van der Waals surface area (Å²) in [7, 11) is 0. The van der Waals surface area contributed by atoms with Gasteiger partial charge in [-0.05, 0) is 112 Å². The zero-order valence-electron chi connectivity index (χ0n) is 43.2. The number of amides is 6. The van der Waals surface area contributed by atoms with Crippen LogP contribution in [0.25, 0.3) is 11.1 Å². The number of halogens is 2. The van der Waals surface area contributed by atoms with Crippen molar-refractivity contribution in [2.24, 2.45) is 10.7 Å². The molecule has 0 aromatic heterocycles. The van der Waals surface area contributed by atoms with Gasteiger partial charge in [0.1, 0.15) is 82.6 Å². The SMILES string of the molecule is N[C@H]1C(=O)N[C@@H]2Cc3ccc(c(Cl)c3)Oc3cc4cc(c3O)Oc3ccc(cc3Cl)[C@@H](O)[C@@H]3NC(=O)[C@H](NC(=O)[C@@H]4NC(=O)[C@@H](NC2=O)c2cc(O)cc(c2)Oc2cc1ccc2O)c1ccc(O)c(c1)-c1c(O)cc(O)cc1C(C(=O)O)=NC3=O. The minimum Gasteiger partial charge on any atom is -0.508 e. The van der Waals surface area contributed by atoms with Crippen molar-refractivity contribution in [2.45, 2.75) is 48.8 Å². The number of phenolic OH excluding ortho intramolecular Hbond substituents is 6. The molecule has 0 spiro atoms. The maximum atomic E-state index is 15.7. The van der Waals surface area contributed by atoms with Crippen molar-refractivity contribution in [3.63, 3.8) is 0 Å². The first-order valence-electron chi connectivity index (χ1n) is 25.3. The molecule has 7 aromatic rings. The summed E-state index contributed by atoms with van der Waals surface area (Å²) in [5, 5.41) is 102. The number of nitrogens with two attached hydrogens (primary N) is 1. The first-order valence-corrected chi connectivity index (χ1v) is 26.1. The zero-order chi connectivity index (χ0) is 60.4. The van der Waals surface area contributed by atoms with Crippen LogP contribution < -0.4 is 46.5 Å². The van der Waals surface area contributed by atoms with Gasteiger partial charge >= 0.3 is 5.97 Å². The lowest BCUT2D eigenvalue weighted by atomic mass is 9.91. The third-order valence-corrected chi connectivity index (χ3v) is 14.8. The molecule has 85 heavy (non-hydrogen) atoms. The molecule has 0 aliphatic carbocycles. The molecular weight excluding hydrogens is 1150 g/mol. The molecule has 6 aliphatic heterocycles. The summed E-state index contributed by atoms with van der Waals surface area (Å²) in [5.41, 5.74) is 2.95. The predicted octanol–water partition coefficient (Wildman–Crippen LogP) is 5.14. The summed E-state index contributed by atoms with van der Waals surface area (Å²) in [5.74, 6) is -15.4. The largest absolute Gasteiger partial charge is 0.508 e. The standard InChI is InChI=1S/C58H43Cl2N7O18/c59-32-9-21-1-7-38(32)84-41-16-26-17-42(51(41)74)85-39-8-4-24(14-33(39)60)50(73)49-57(80)66-48(58(81)82)31-19-28(69)20-37(72)43(31)30-13-23(3-5-35(30)70)45(54(77)67-49)64-56(79)47(26)65-55(78)46-25-11-27(68)18-29(12-25)83-40-15-22(2-6-36(40)71)44(61)53(76)62-34(10-21)52(75)63-46/h1-9,11-20,34,44-47,49-50,68-74H,10,61H2,(H,62,76)(H,63,75)(H,64,79)(H,65,78)(H,67,77)(H,81,82)/t34-,44-,45-,46+,47-,49+,50-/m1/s1. The van der Waals surface area contributed by atoms with Gasteiger partial charge in [0.25, 0.3) is 5.91 Å². The van der Waals surface area contributed by atoms with Gasteiger partial charge in [-0.3, -0.25) is 28.8 Å². The number of fused-ring (bicyclic) bond motifs is 14. The van der Waals surface area contributed by atoms with Crippen LogP contribution in [0.5, 0.6) is 69.0 Å². The highest BCUT2D eigenvalue weighted by atomic mass is 35.5. The van der Waals surface area contributed by atoms with Crippen molar-refractivity contribution < 1.29 is 88.6 Å². The Morgan fingerprint density at radius 1 is 0.518 bits per heavy atom. The number of ether oxygens (including phenoxy) is 3. The molecule has 0 saturated carbocycles. The maximum Gasteiger partial charge on any atom is 0.355 e. The van der Waals surface area contributed by atoms with Crippen LogP contribution >= 0.6 is 23.2 Å². The van der Waals surface area contributed by atoms with Crippen LogP contribution in [0, 0.1) is 0 Å². The van der Waals surface area contributed by atoms with Gasteiger partial charge in [0.15, 0.2) is 28.7 Å². The topological polar surface area (TPSA) is 408 Å². The number of hydrogen-bond donors (Lipinski definition) is 14. The summed E-state index contributed by atoms with van der Waals surface area (Å²) in [6.07, 6.45) is -2.52. The van der Waals surface area contributed by atoms with E-state index in [-0.39, 0.29) is 67.3 Å². The van der Waals surface area contributed by atoms with Crippen molar-refractivity contribution in [2.75, 3.05) is 0 Å². The summed E-state index contributed by atoms with van der Waals surface area (Å²) < 4.78 is 18.4. The second-order valence-electron chi connectivity index (χ2n) is 19.9. The van der Waals surface area contributed by atoms with E-state index in [9.17, 15) is 60.0 Å². The maximum absolute atomic E-state index is 15.7. The molecule has 6 amide bonds. The average molecular weight is 1200 g/mol. The van der Waals surface area contributed by atoms with Gasteiger partial charge in [-0.1, -0.05) is 47.5 Å². The number of phenols is 6. The van der Waals surface area contributed by atoms with Gasteiger partial charge < -0.3 is 87.4 Å². The van der Waals surface area contributed by atoms with Crippen molar-refractivity contribution in [1.82, 2.24) is 26.6 Å². The normalized spacial score (nSPS) is 21.2. The molecule has 25 nitrogen and oxygen atoms in total. The molecule has 17 bridgehead atoms. The number of rotatable bonds is 1. The number of aliphatic imine (C=N–C) groups is 1. The zero-order valence-corrected chi connectivity index (χ0v) is 44.7.